The normalized spacial score (nSPS) is 18.3. The van der Waals surface area contributed by atoms with Crippen LogP contribution >= 0.6 is 0 Å². The molecule has 1 amide bonds. The van der Waals surface area contributed by atoms with Gasteiger partial charge in [0.1, 0.15) is 6.04 Å². The van der Waals surface area contributed by atoms with Crippen LogP contribution in [0, 0.1) is 0 Å². The van der Waals surface area contributed by atoms with Crippen molar-refractivity contribution in [3.8, 4) is 0 Å². The van der Waals surface area contributed by atoms with E-state index in [1.807, 2.05) is 0 Å². The second kappa shape index (κ2) is 7.36. The molecular weight excluding hydrogens is 356 g/mol. The smallest absolute Gasteiger partial charge is 0.326 e. The quantitative estimate of drug-likeness (QED) is 0.676. The molecule has 0 radical (unpaired) electrons. The molecule has 2 saturated carbocycles. The number of carbonyl (C=O) groups excluding carboxylic acids is 1. The van der Waals surface area contributed by atoms with Crippen LogP contribution in [-0.4, -0.2) is 48.4 Å². The van der Waals surface area contributed by atoms with Gasteiger partial charge in [0.2, 0.25) is 15.9 Å². The SMILES string of the molecule is CC(C(=O)O)N(C(=O)CCc1ccc(S(=O)(=O)NC2CC2)cc1)C1CC1. The highest BCUT2D eigenvalue weighted by Gasteiger charge is 2.38. The summed E-state index contributed by atoms with van der Waals surface area (Å²) in [6.07, 6.45) is 4.12. The molecule has 0 spiro atoms. The molecule has 1 aromatic carbocycles. The summed E-state index contributed by atoms with van der Waals surface area (Å²) in [5.74, 6) is -1.17. The third kappa shape index (κ3) is 4.62. The Morgan fingerprint density at radius 1 is 1.19 bits per heavy atom. The van der Waals surface area contributed by atoms with Crippen LogP contribution in [0.1, 0.15) is 44.6 Å². The number of nitrogens with zero attached hydrogens (tertiary/aromatic N) is 1. The Balaban J connectivity index is 1.58. The highest BCUT2D eigenvalue weighted by molar-refractivity contribution is 7.89. The molecule has 0 aromatic heterocycles. The minimum Gasteiger partial charge on any atom is -0.480 e. The van der Waals surface area contributed by atoms with Crippen molar-refractivity contribution in [2.75, 3.05) is 0 Å². The number of carbonyl (C=O) groups is 2. The summed E-state index contributed by atoms with van der Waals surface area (Å²) in [5.41, 5.74) is 0.849. The first-order valence-corrected chi connectivity index (χ1v) is 10.4. The number of nitrogens with one attached hydrogen (secondary N) is 1. The molecular formula is C18H24N2O5S. The maximum Gasteiger partial charge on any atom is 0.326 e. The number of carboxylic acid groups (broad SMARTS) is 1. The Labute approximate surface area is 153 Å². The summed E-state index contributed by atoms with van der Waals surface area (Å²) < 4.78 is 26.9. The zero-order chi connectivity index (χ0) is 18.9. The second-order valence-electron chi connectivity index (χ2n) is 7.09. The highest BCUT2D eigenvalue weighted by atomic mass is 32.2. The van der Waals surface area contributed by atoms with Gasteiger partial charge >= 0.3 is 5.97 Å². The number of aliphatic carboxylic acids is 1. The maximum atomic E-state index is 12.5. The number of hydrogen-bond acceptors (Lipinski definition) is 4. The number of hydrogen-bond donors (Lipinski definition) is 2. The maximum absolute atomic E-state index is 12.5. The average Bonchev–Trinajstić information content (AvgIpc) is 3.49. The molecule has 1 unspecified atom stereocenters. The Hall–Kier alpha value is -1.93. The number of rotatable bonds is 9. The number of carboxylic acids is 1. The summed E-state index contributed by atoms with van der Waals surface area (Å²) in [6, 6.07) is 5.77. The average molecular weight is 380 g/mol. The van der Waals surface area contributed by atoms with E-state index in [4.69, 9.17) is 0 Å². The lowest BCUT2D eigenvalue weighted by molar-refractivity contribution is -0.150. The lowest BCUT2D eigenvalue weighted by atomic mass is 10.1. The van der Waals surface area contributed by atoms with Crippen molar-refractivity contribution in [1.82, 2.24) is 9.62 Å². The number of amides is 1. The van der Waals surface area contributed by atoms with E-state index in [0.29, 0.717) is 6.42 Å². The van der Waals surface area contributed by atoms with Gasteiger partial charge in [0, 0.05) is 18.5 Å². The lowest BCUT2D eigenvalue weighted by Crippen LogP contribution is -2.44. The molecule has 8 heteroatoms. The van der Waals surface area contributed by atoms with Crippen molar-refractivity contribution in [1.29, 1.82) is 0 Å². The monoisotopic (exact) mass is 380 g/mol. The van der Waals surface area contributed by atoms with Crippen molar-refractivity contribution in [2.45, 2.75) is 68.5 Å². The van der Waals surface area contributed by atoms with E-state index in [1.54, 1.807) is 24.3 Å². The minimum absolute atomic E-state index is 0.0367. The van der Waals surface area contributed by atoms with Crippen LogP contribution in [0.15, 0.2) is 29.2 Å². The summed E-state index contributed by atoms with van der Waals surface area (Å²) in [4.78, 5) is 25.4. The molecule has 142 valence electrons. The predicted octanol–water partition coefficient (Wildman–Crippen LogP) is 1.52. The topological polar surface area (TPSA) is 104 Å². The molecule has 0 aliphatic heterocycles. The van der Waals surface area contributed by atoms with E-state index in [-0.39, 0.29) is 29.3 Å². The standard InChI is InChI=1S/C18H24N2O5S/c1-12(18(22)23)20(15-7-8-15)17(21)11-4-13-2-9-16(10-3-13)26(24,25)19-14-5-6-14/h2-3,9-10,12,14-15,19H,4-8,11H2,1H3,(H,22,23). The largest absolute Gasteiger partial charge is 0.480 e. The van der Waals surface area contributed by atoms with E-state index in [9.17, 15) is 23.1 Å². The van der Waals surface area contributed by atoms with Gasteiger partial charge in [-0.15, -0.1) is 0 Å². The highest BCUT2D eigenvalue weighted by Crippen LogP contribution is 2.29. The van der Waals surface area contributed by atoms with E-state index in [2.05, 4.69) is 4.72 Å². The van der Waals surface area contributed by atoms with E-state index >= 15 is 0 Å². The fourth-order valence-electron chi connectivity index (χ4n) is 2.91. The van der Waals surface area contributed by atoms with Crippen molar-refractivity contribution < 1.29 is 23.1 Å². The van der Waals surface area contributed by atoms with Gasteiger partial charge in [0.05, 0.1) is 4.90 Å². The van der Waals surface area contributed by atoms with Crippen LogP contribution in [0.3, 0.4) is 0 Å². The van der Waals surface area contributed by atoms with E-state index in [1.165, 1.54) is 11.8 Å². The van der Waals surface area contributed by atoms with Gasteiger partial charge in [-0.3, -0.25) is 4.79 Å². The summed E-state index contributed by atoms with van der Waals surface area (Å²) in [6.45, 7) is 1.53. The van der Waals surface area contributed by atoms with Crippen molar-refractivity contribution in [2.24, 2.45) is 0 Å². The molecule has 1 atom stereocenters. The number of sulfonamides is 1. The van der Waals surface area contributed by atoms with Gasteiger partial charge in [0.25, 0.3) is 0 Å². The summed E-state index contributed by atoms with van der Waals surface area (Å²) in [7, 11) is -3.47. The molecule has 0 saturated heterocycles. The van der Waals surface area contributed by atoms with Crippen LogP contribution in [0.2, 0.25) is 0 Å². The summed E-state index contributed by atoms with van der Waals surface area (Å²) >= 11 is 0. The molecule has 2 fully saturated rings. The Morgan fingerprint density at radius 2 is 1.81 bits per heavy atom. The molecule has 0 heterocycles. The van der Waals surface area contributed by atoms with Crippen LogP contribution in [-0.2, 0) is 26.0 Å². The van der Waals surface area contributed by atoms with Crippen molar-refractivity contribution >= 4 is 21.9 Å². The fourth-order valence-corrected chi connectivity index (χ4v) is 4.22. The summed E-state index contributed by atoms with van der Waals surface area (Å²) in [5, 5.41) is 9.18. The van der Waals surface area contributed by atoms with Crippen LogP contribution in [0.25, 0.3) is 0 Å². The first-order chi connectivity index (χ1) is 12.3. The zero-order valence-electron chi connectivity index (χ0n) is 14.7. The minimum atomic E-state index is -3.47. The molecule has 3 rings (SSSR count). The molecule has 2 aliphatic rings. The van der Waals surface area contributed by atoms with Crippen LogP contribution in [0.4, 0.5) is 0 Å². The Morgan fingerprint density at radius 3 is 2.31 bits per heavy atom. The third-order valence-electron chi connectivity index (χ3n) is 4.76. The first-order valence-electron chi connectivity index (χ1n) is 8.93. The predicted molar refractivity (Wildman–Crippen MR) is 95.1 cm³/mol. The first kappa shape index (κ1) is 18.8. The van der Waals surface area contributed by atoms with Gasteiger partial charge in [-0.1, -0.05) is 12.1 Å². The van der Waals surface area contributed by atoms with Gasteiger partial charge in [-0.05, 0) is 56.7 Å². The lowest BCUT2D eigenvalue weighted by Gasteiger charge is -2.26. The van der Waals surface area contributed by atoms with Gasteiger partial charge in [0.15, 0.2) is 0 Å². The molecule has 2 aliphatic carbocycles. The Bertz CT molecular complexity index is 782. The molecule has 26 heavy (non-hydrogen) atoms. The molecule has 1 aromatic rings. The zero-order valence-corrected chi connectivity index (χ0v) is 15.5. The number of benzene rings is 1. The van der Waals surface area contributed by atoms with Gasteiger partial charge in [-0.2, -0.15) is 0 Å². The van der Waals surface area contributed by atoms with Crippen LogP contribution < -0.4 is 4.72 Å². The molecule has 2 N–H and O–H groups in total. The van der Waals surface area contributed by atoms with Gasteiger partial charge in [-0.25, -0.2) is 17.9 Å². The van der Waals surface area contributed by atoms with Gasteiger partial charge < -0.3 is 10.0 Å². The van der Waals surface area contributed by atoms with Crippen molar-refractivity contribution in [3.63, 3.8) is 0 Å². The van der Waals surface area contributed by atoms with E-state index in [0.717, 1.165) is 31.2 Å². The third-order valence-corrected chi connectivity index (χ3v) is 6.30. The Kier molecular flexibility index (Phi) is 5.34. The molecule has 0 bridgehead atoms. The molecule has 7 nitrogen and oxygen atoms in total. The van der Waals surface area contributed by atoms with Crippen LogP contribution in [0.5, 0.6) is 0 Å². The van der Waals surface area contributed by atoms with E-state index < -0.39 is 22.0 Å². The number of aryl methyl sites for hydroxylation is 1. The van der Waals surface area contributed by atoms with Crippen molar-refractivity contribution in [3.05, 3.63) is 29.8 Å². The second-order valence-corrected chi connectivity index (χ2v) is 8.80. The fraction of sp³-hybridized carbons (Fsp3) is 0.556.